The number of methoxy groups -OCH3 is 1. The summed E-state index contributed by atoms with van der Waals surface area (Å²) in [7, 11) is 3.44. The van der Waals surface area contributed by atoms with E-state index in [2.05, 4.69) is 10.1 Å². The molecule has 6 nitrogen and oxygen atoms in total. The second kappa shape index (κ2) is 6.15. The number of aromatic nitrogens is 4. The zero-order valence-electron chi connectivity index (χ0n) is 14.8. The molecular formula is C20H18N4O2. The number of benzene rings is 2. The summed E-state index contributed by atoms with van der Waals surface area (Å²) in [6, 6.07) is 13.1. The summed E-state index contributed by atoms with van der Waals surface area (Å²) in [5, 5.41) is 4.79. The molecule has 0 bridgehead atoms. The molecule has 0 aliphatic heterocycles. The van der Waals surface area contributed by atoms with Gasteiger partial charge in [-0.15, -0.1) is 0 Å². The Kier molecular flexibility index (Phi) is 3.80. The van der Waals surface area contributed by atoms with Crippen LogP contribution < -0.4 is 10.3 Å². The molecule has 4 aromatic rings. The zero-order valence-corrected chi connectivity index (χ0v) is 14.8. The molecule has 0 fully saturated rings. The highest BCUT2D eigenvalue weighted by molar-refractivity contribution is 5.94. The van der Waals surface area contributed by atoms with Crippen molar-refractivity contribution in [3.05, 3.63) is 71.0 Å². The van der Waals surface area contributed by atoms with Crippen LogP contribution >= 0.6 is 0 Å². The van der Waals surface area contributed by atoms with Crippen LogP contribution in [0.5, 0.6) is 5.75 Å². The maximum atomic E-state index is 13.5. The standard InChI is InChI=1S/C20H18N4O2/c1-13-22-16-8-6-7-15(14-11-21-23(2)12-14)19(16)20(25)24(13)17-9-4-5-10-18(17)26-3/h4-12H,1-3H3. The number of hydrogen-bond donors (Lipinski definition) is 0. The summed E-state index contributed by atoms with van der Waals surface area (Å²) in [6.45, 7) is 1.82. The van der Waals surface area contributed by atoms with Gasteiger partial charge in [0.05, 0.1) is 29.9 Å². The smallest absolute Gasteiger partial charge is 0.266 e. The predicted molar refractivity (Wildman–Crippen MR) is 101 cm³/mol. The molecule has 6 heteroatoms. The van der Waals surface area contributed by atoms with Gasteiger partial charge in [-0.25, -0.2) is 4.98 Å². The van der Waals surface area contributed by atoms with Gasteiger partial charge in [0, 0.05) is 18.8 Å². The molecule has 0 N–H and O–H groups in total. The highest BCUT2D eigenvalue weighted by Gasteiger charge is 2.16. The van der Waals surface area contributed by atoms with E-state index in [1.807, 2.05) is 62.6 Å². The quantitative estimate of drug-likeness (QED) is 0.572. The lowest BCUT2D eigenvalue weighted by molar-refractivity contribution is 0.412. The minimum absolute atomic E-state index is 0.128. The maximum absolute atomic E-state index is 13.5. The van der Waals surface area contributed by atoms with Gasteiger partial charge >= 0.3 is 0 Å². The van der Waals surface area contributed by atoms with Crippen molar-refractivity contribution in [1.29, 1.82) is 0 Å². The maximum Gasteiger partial charge on any atom is 0.266 e. The summed E-state index contributed by atoms with van der Waals surface area (Å²) < 4.78 is 8.75. The highest BCUT2D eigenvalue weighted by Crippen LogP contribution is 2.27. The van der Waals surface area contributed by atoms with Crippen LogP contribution in [0.3, 0.4) is 0 Å². The average Bonchev–Trinajstić information content (AvgIpc) is 3.08. The summed E-state index contributed by atoms with van der Waals surface area (Å²) in [6.07, 6.45) is 3.64. The third-order valence-corrected chi connectivity index (χ3v) is 4.41. The van der Waals surface area contributed by atoms with Gasteiger partial charge in [0.2, 0.25) is 0 Å². The predicted octanol–water partition coefficient (Wildman–Crippen LogP) is 3.10. The third-order valence-electron chi connectivity index (χ3n) is 4.41. The van der Waals surface area contributed by atoms with Crippen molar-refractivity contribution >= 4 is 10.9 Å². The fourth-order valence-corrected chi connectivity index (χ4v) is 3.24. The van der Waals surface area contributed by atoms with E-state index in [1.165, 1.54) is 0 Å². The van der Waals surface area contributed by atoms with Gasteiger partial charge in [-0.05, 0) is 30.7 Å². The normalized spacial score (nSPS) is 11.0. The van der Waals surface area contributed by atoms with Crippen LogP contribution in [0.2, 0.25) is 0 Å². The Bertz CT molecular complexity index is 1170. The Morgan fingerprint density at radius 3 is 2.62 bits per heavy atom. The first-order valence-corrected chi connectivity index (χ1v) is 8.25. The van der Waals surface area contributed by atoms with Crippen molar-refractivity contribution in [3.8, 4) is 22.6 Å². The lowest BCUT2D eigenvalue weighted by atomic mass is 10.0. The van der Waals surface area contributed by atoms with E-state index in [1.54, 1.807) is 22.6 Å². The van der Waals surface area contributed by atoms with Crippen molar-refractivity contribution in [3.63, 3.8) is 0 Å². The molecule has 0 spiro atoms. The monoisotopic (exact) mass is 346 g/mol. The minimum Gasteiger partial charge on any atom is -0.495 e. The van der Waals surface area contributed by atoms with Gasteiger partial charge in [0.15, 0.2) is 0 Å². The molecular weight excluding hydrogens is 328 g/mol. The number of nitrogens with zero attached hydrogens (tertiary/aromatic N) is 4. The fraction of sp³-hybridized carbons (Fsp3) is 0.150. The van der Waals surface area contributed by atoms with Crippen molar-refractivity contribution in [2.24, 2.45) is 7.05 Å². The number of fused-ring (bicyclic) bond motifs is 1. The van der Waals surface area contributed by atoms with Crippen molar-refractivity contribution < 1.29 is 4.74 Å². The average molecular weight is 346 g/mol. The largest absolute Gasteiger partial charge is 0.495 e. The van der Waals surface area contributed by atoms with E-state index < -0.39 is 0 Å². The lowest BCUT2D eigenvalue weighted by Gasteiger charge is -2.15. The second-order valence-electron chi connectivity index (χ2n) is 6.07. The van der Waals surface area contributed by atoms with Gasteiger partial charge in [0.1, 0.15) is 11.6 Å². The summed E-state index contributed by atoms with van der Waals surface area (Å²) in [4.78, 5) is 18.1. The first-order valence-electron chi connectivity index (χ1n) is 8.25. The Hall–Kier alpha value is -3.41. The first-order chi connectivity index (χ1) is 12.6. The van der Waals surface area contributed by atoms with Crippen molar-refractivity contribution in [2.75, 3.05) is 7.11 Å². The molecule has 2 aromatic carbocycles. The van der Waals surface area contributed by atoms with Crippen molar-refractivity contribution in [2.45, 2.75) is 6.92 Å². The van der Waals surface area contributed by atoms with Crippen LogP contribution in [0.4, 0.5) is 0 Å². The highest BCUT2D eigenvalue weighted by atomic mass is 16.5. The molecule has 0 amide bonds. The molecule has 2 heterocycles. The topological polar surface area (TPSA) is 61.9 Å². The lowest BCUT2D eigenvalue weighted by Crippen LogP contribution is -2.23. The van der Waals surface area contributed by atoms with E-state index in [0.29, 0.717) is 28.2 Å². The molecule has 0 aliphatic rings. The van der Waals surface area contributed by atoms with Crippen LogP contribution in [-0.2, 0) is 7.05 Å². The molecule has 0 radical (unpaired) electrons. The van der Waals surface area contributed by atoms with Crippen LogP contribution in [-0.4, -0.2) is 26.4 Å². The molecule has 0 saturated heterocycles. The molecule has 0 atom stereocenters. The summed E-state index contributed by atoms with van der Waals surface area (Å²) >= 11 is 0. The van der Waals surface area contributed by atoms with E-state index in [-0.39, 0.29) is 5.56 Å². The van der Waals surface area contributed by atoms with Gasteiger partial charge in [0.25, 0.3) is 5.56 Å². The van der Waals surface area contributed by atoms with Crippen LogP contribution in [0.1, 0.15) is 5.82 Å². The van der Waals surface area contributed by atoms with E-state index in [0.717, 1.165) is 11.1 Å². The number of aryl methyl sites for hydroxylation is 2. The van der Waals surface area contributed by atoms with E-state index in [4.69, 9.17) is 4.74 Å². The van der Waals surface area contributed by atoms with E-state index >= 15 is 0 Å². The van der Waals surface area contributed by atoms with Gasteiger partial charge in [-0.3, -0.25) is 14.0 Å². The Morgan fingerprint density at radius 2 is 1.88 bits per heavy atom. The summed E-state index contributed by atoms with van der Waals surface area (Å²) in [5.41, 5.74) is 2.91. The van der Waals surface area contributed by atoms with Gasteiger partial charge < -0.3 is 4.74 Å². The second-order valence-corrected chi connectivity index (χ2v) is 6.07. The molecule has 4 rings (SSSR count). The molecule has 0 aliphatic carbocycles. The molecule has 0 unspecified atom stereocenters. The Balaban J connectivity index is 2.09. The van der Waals surface area contributed by atoms with Crippen molar-refractivity contribution in [1.82, 2.24) is 19.3 Å². The molecule has 2 aromatic heterocycles. The number of hydrogen-bond acceptors (Lipinski definition) is 4. The fourth-order valence-electron chi connectivity index (χ4n) is 3.24. The molecule has 26 heavy (non-hydrogen) atoms. The first kappa shape index (κ1) is 16.1. The van der Waals surface area contributed by atoms with Gasteiger partial charge in [-0.1, -0.05) is 24.3 Å². The van der Waals surface area contributed by atoms with E-state index in [9.17, 15) is 4.79 Å². The molecule has 0 saturated carbocycles. The molecule has 130 valence electrons. The Labute approximate surface area is 150 Å². The van der Waals surface area contributed by atoms with Gasteiger partial charge in [-0.2, -0.15) is 5.10 Å². The van der Waals surface area contributed by atoms with Crippen LogP contribution in [0.15, 0.2) is 59.7 Å². The summed E-state index contributed by atoms with van der Waals surface area (Å²) in [5.74, 6) is 1.23. The SMILES string of the molecule is COc1ccccc1-n1c(C)nc2cccc(-c3cnn(C)c3)c2c1=O. The number of ether oxygens (including phenoxy) is 1. The zero-order chi connectivity index (χ0) is 18.3. The van der Waals surface area contributed by atoms with Crippen LogP contribution in [0, 0.1) is 6.92 Å². The third kappa shape index (κ3) is 2.47. The number of para-hydroxylation sites is 2. The van der Waals surface area contributed by atoms with Crippen LogP contribution in [0.25, 0.3) is 27.7 Å². The minimum atomic E-state index is -0.128. The Morgan fingerprint density at radius 1 is 1.08 bits per heavy atom. The number of rotatable bonds is 3.